The number of amides is 1. The Hall–Kier alpha value is -3.27. The van der Waals surface area contributed by atoms with Gasteiger partial charge in [0.1, 0.15) is 49.3 Å². The number of alkyl carbamates (subject to hydrolysis) is 1. The molecule has 2 N–H and O–H groups in total. The average Bonchev–Trinajstić information content (AvgIpc) is 3.62. The summed E-state index contributed by atoms with van der Waals surface area (Å²) in [5.41, 5.74) is 0.427. The normalized spacial score (nSPS) is 12.7. The maximum atomic E-state index is 12.9. The number of carbonyl (C=O) groups is 3. The van der Waals surface area contributed by atoms with E-state index >= 15 is 0 Å². The standard InChI is InChI=1S/C25H27N5O6S4/c1-24(2,3)35-22(33)12(30-23(34)36-25(4,5)6)7-17-26-13(8-37-17)18-27-14(9-38-18)19-28-15(10-39-19)20-29-16(11-40-20)21(31)32/h8-12H,7H2,1-6H3,(H,30,34)(H,31,32)/t12-/m0/s1. The van der Waals surface area contributed by atoms with Crippen LogP contribution in [0.15, 0.2) is 21.5 Å². The Morgan fingerprint density at radius 1 is 0.775 bits per heavy atom. The number of aromatic carboxylic acids is 1. The SMILES string of the molecule is CC(C)(C)OC(=O)N[C@@H](Cc1nc(-c2nc(-c3nc(-c4nc(C(=O)O)cs4)cs3)cs2)cs1)C(=O)OC(C)(C)C. The molecule has 4 heterocycles. The molecule has 4 aromatic heterocycles. The Bertz CT molecular complexity index is 1520. The second-order valence-electron chi connectivity index (χ2n) is 10.5. The van der Waals surface area contributed by atoms with Crippen molar-refractivity contribution < 1.29 is 29.0 Å². The monoisotopic (exact) mass is 621 g/mol. The summed E-state index contributed by atoms with van der Waals surface area (Å²) >= 11 is 5.35. The molecular weight excluding hydrogens is 595 g/mol. The molecule has 0 spiro atoms. The van der Waals surface area contributed by atoms with E-state index in [0.717, 1.165) is 0 Å². The van der Waals surface area contributed by atoms with Gasteiger partial charge in [-0.15, -0.1) is 45.3 Å². The first kappa shape index (κ1) is 29.7. The first-order valence-corrected chi connectivity index (χ1v) is 15.5. The number of rotatable bonds is 8. The van der Waals surface area contributed by atoms with Crippen molar-refractivity contribution in [2.75, 3.05) is 0 Å². The maximum Gasteiger partial charge on any atom is 0.408 e. The Labute approximate surface area is 246 Å². The van der Waals surface area contributed by atoms with Crippen LogP contribution in [0, 0.1) is 0 Å². The van der Waals surface area contributed by atoms with E-state index in [1.54, 1.807) is 41.5 Å². The van der Waals surface area contributed by atoms with Gasteiger partial charge in [0, 0.05) is 27.9 Å². The van der Waals surface area contributed by atoms with Crippen molar-refractivity contribution >= 4 is 63.4 Å². The highest BCUT2D eigenvalue weighted by Gasteiger charge is 2.30. The van der Waals surface area contributed by atoms with Crippen molar-refractivity contribution in [1.29, 1.82) is 0 Å². The van der Waals surface area contributed by atoms with Gasteiger partial charge in [0.25, 0.3) is 0 Å². The molecule has 0 aliphatic carbocycles. The molecule has 0 saturated carbocycles. The van der Waals surface area contributed by atoms with E-state index in [4.69, 9.17) is 14.6 Å². The number of hydrogen-bond donors (Lipinski definition) is 2. The molecule has 0 fully saturated rings. The van der Waals surface area contributed by atoms with E-state index < -0.39 is 35.3 Å². The van der Waals surface area contributed by atoms with E-state index in [-0.39, 0.29) is 12.1 Å². The summed E-state index contributed by atoms with van der Waals surface area (Å²) in [6.07, 6.45) is -0.594. The smallest absolute Gasteiger partial charge is 0.408 e. The molecule has 15 heteroatoms. The summed E-state index contributed by atoms with van der Waals surface area (Å²) in [4.78, 5) is 54.4. The lowest BCUT2D eigenvalue weighted by Gasteiger charge is -2.25. The molecule has 1 amide bonds. The average molecular weight is 622 g/mol. The highest BCUT2D eigenvalue weighted by atomic mass is 32.1. The number of nitrogens with one attached hydrogen (secondary N) is 1. The van der Waals surface area contributed by atoms with E-state index in [1.807, 2.05) is 16.1 Å². The number of ether oxygens (including phenoxy) is 2. The van der Waals surface area contributed by atoms with E-state index in [0.29, 0.717) is 37.1 Å². The number of aromatic nitrogens is 4. The number of nitrogens with zero attached hydrogens (tertiary/aromatic N) is 4. The van der Waals surface area contributed by atoms with Crippen LogP contribution in [0.5, 0.6) is 0 Å². The van der Waals surface area contributed by atoms with Gasteiger partial charge < -0.3 is 19.9 Å². The van der Waals surface area contributed by atoms with Crippen LogP contribution < -0.4 is 5.32 Å². The van der Waals surface area contributed by atoms with Gasteiger partial charge in [0.05, 0.1) is 5.01 Å². The Morgan fingerprint density at radius 3 is 1.80 bits per heavy atom. The maximum absolute atomic E-state index is 12.9. The van der Waals surface area contributed by atoms with Crippen molar-refractivity contribution in [2.24, 2.45) is 0 Å². The summed E-state index contributed by atoms with van der Waals surface area (Å²) in [5.74, 6) is -1.66. The third-order valence-electron chi connectivity index (χ3n) is 4.70. The molecule has 0 bridgehead atoms. The van der Waals surface area contributed by atoms with E-state index in [2.05, 4.69) is 25.3 Å². The Balaban J connectivity index is 1.48. The van der Waals surface area contributed by atoms with Gasteiger partial charge in [-0.2, -0.15) is 0 Å². The predicted octanol–water partition coefficient (Wildman–Crippen LogP) is 5.99. The third kappa shape index (κ3) is 7.90. The first-order valence-electron chi connectivity index (χ1n) is 11.9. The van der Waals surface area contributed by atoms with Crippen molar-refractivity contribution in [3.63, 3.8) is 0 Å². The second-order valence-corrected chi connectivity index (χ2v) is 14.0. The zero-order valence-electron chi connectivity index (χ0n) is 22.5. The molecule has 0 unspecified atom stereocenters. The van der Waals surface area contributed by atoms with Gasteiger partial charge in [0.2, 0.25) is 0 Å². The zero-order chi connectivity index (χ0) is 29.2. The lowest BCUT2D eigenvalue weighted by Crippen LogP contribution is -2.47. The van der Waals surface area contributed by atoms with E-state index in [9.17, 15) is 14.4 Å². The topological polar surface area (TPSA) is 153 Å². The lowest BCUT2D eigenvalue weighted by molar-refractivity contribution is -0.157. The minimum absolute atomic E-state index is 0.0139. The molecule has 1 atom stereocenters. The summed E-state index contributed by atoms with van der Waals surface area (Å²) in [5, 5.41) is 21.2. The second kappa shape index (κ2) is 11.7. The molecule has 4 aromatic rings. The summed E-state index contributed by atoms with van der Waals surface area (Å²) in [6, 6.07) is -0.985. The Kier molecular flexibility index (Phi) is 8.68. The van der Waals surface area contributed by atoms with Crippen LogP contribution in [-0.2, 0) is 20.7 Å². The van der Waals surface area contributed by atoms with Gasteiger partial charge in [-0.05, 0) is 41.5 Å². The lowest BCUT2D eigenvalue weighted by atomic mass is 10.1. The third-order valence-corrected chi connectivity index (χ3v) is 8.17. The molecule has 40 heavy (non-hydrogen) atoms. The summed E-state index contributed by atoms with van der Waals surface area (Å²) in [7, 11) is 0. The summed E-state index contributed by atoms with van der Waals surface area (Å²) in [6.45, 7) is 10.5. The molecule has 212 valence electrons. The van der Waals surface area contributed by atoms with Gasteiger partial charge >= 0.3 is 18.0 Å². The number of carboxylic acids is 1. The van der Waals surface area contributed by atoms with Crippen LogP contribution >= 0.6 is 45.3 Å². The molecule has 0 aliphatic heterocycles. The van der Waals surface area contributed by atoms with Crippen molar-refractivity contribution in [3.05, 3.63) is 32.2 Å². The Morgan fingerprint density at radius 2 is 1.27 bits per heavy atom. The zero-order valence-corrected chi connectivity index (χ0v) is 25.8. The van der Waals surface area contributed by atoms with Crippen molar-refractivity contribution in [3.8, 4) is 32.1 Å². The van der Waals surface area contributed by atoms with Gasteiger partial charge in [-0.1, -0.05) is 0 Å². The van der Waals surface area contributed by atoms with Gasteiger partial charge in [-0.3, -0.25) is 0 Å². The minimum Gasteiger partial charge on any atom is -0.476 e. The van der Waals surface area contributed by atoms with Gasteiger partial charge in [0.15, 0.2) is 5.69 Å². The van der Waals surface area contributed by atoms with Crippen LogP contribution in [0.2, 0.25) is 0 Å². The number of hydrogen-bond acceptors (Lipinski definition) is 13. The summed E-state index contributed by atoms with van der Waals surface area (Å²) < 4.78 is 10.8. The quantitative estimate of drug-likeness (QED) is 0.224. The van der Waals surface area contributed by atoms with Crippen LogP contribution in [0.4, 0.5) is 4.79 Å². The van der Waals surface area contributed by atoms with Crippen LogP contribution in [0.1, 0.15) is 57.0 Å². The van der Waals surface area contributed by atoms with E-state index in [1.165, 1.54) is 50.7 Å². The highest BCUT2D eigenvalue weighted by Crippen LogP contribution is 2.34. The first-order chi connectivity index (χ1) is 18.7. The fourth-order valence-corrected chi connectivity index (χ4v) is 6.49. The molecule has 0 saturated heterocycles. The minimum atomic E-state index is -1.08. The molecule has 4 rings (SSSR count). The predicted molar refractivity (Wildman–Crippen MR) is 155 cm³/mol. The van der Waals surface area contributed by atoms with Crippen LogP contribution in [-0.4, -0.2) is 60.3 Å². The highest BCUT2D eigenvalue weighted by molar-refractivity contribution is 7.16. The largest absolute Gasteiger partial charge is 0.476 e. The van der Waals surface area contributed by atoms with Crippen LogP contribution in [0.3, 0.4) is 0 Å². The number of thiazole rings is 4. The molecule has 0 aliphatic rings. The number of carbonyl (C=O) groups excluding carboxylic acids is 2. The van der Waals surface area contributed by atoms with Crippen molar-refractivity contribution in [2.45, 2.75) is 65.2 Å². The molecular formula is C25H27N5O6S4. The molecule has 0 radical (unpaired) electrons. The number of esters is 1. The molecule has 0 aromatic carbocycles. The number of carboxylic acid groups (broad SMARTS) is 1. The van der Waals surface area contributed by atoms with Crippen LogP contribution in [0.25, 0.3) is 32.1 Å². The fraction of sp³-hybridized carbons (Fsp3) is 0.400. The van der Waals surface area contributed by atoms with Crippen molar-refractivity contribution in [1.82, 2.24) is 25.3 Å². The molecule has 11 nitrogen and oxygen atoms in total. The fourth-order valence-electron chi connectivity index (χ4n) is 3.16. The van der Waals surface area contributed by atoms with Gasteiger partial charge in [-0.25, -0.2) is 34.3 Å².